The van der Waals surface area contributed by atoms with Crippen LogP contribution in [0.1, 0.15) is 44.9 Å². The predicted molar refractivity (Wildman–Crippen MR) is 50.2 cm³/mol. The molecule has 2 nitrogen and oxygen atoms in total. The molecule has 3 atom stereocenters. The van der Waals surface area contributed by atoms with E-state index in [1.165, 1.54) is 7.11 Å². The van der Waals surface area contributed by atoms with Gasteiger partial charge in [-0.1, -0.05) is 13.8 Å². The fourth-order valence-corrected chi connectivity index (χ4v) is 2.18. The van der Waals surface area contributed by atoms with Gasteiger partial charge in [0, 0.05) is 5.48 Å². The molecule has 0 aromatic carbocycles. The Morgan fingerprint density at radius 1 is 1.54 bits per heavy atom. The molecule has 2 rings (SSSR count). The fraction of sp³-hybridized carbons (Fsp3) is 0.909. The summed E-state index contributed by atoms with van der Waals surface area (Å²) in [5.74, 6) is -1.66. The Bertz CT molecular complexity index is 382. The summed E-state index contributed by atoms with van der Waals surface area (Å²) in [5, 5.41) is 0. The standard InChI is InChI=1S/C11H18O2/c1-10-5-4-8(9(12)13-3)6-11(10,2)7-10/h8H,4-7H2,1-3H3/t8-,10-,11+/m1/s1/i5D2,6D2. The zero-order valence-corrected chi connectivity index (χ0v) is 8.31. The molecule has 2 saturated carbocycles. The zero-order valence-electron chi connectivity index (χ0n) is 12.3. The molecule has 0 amide bonds. The van der Waals surface area contributed by atoms with Crippen molar-refractivity contribution in [2.75, 3.05) is 7.11 Å². The van der Waals surface area contributed by atoms with Crippen LogP contribution in [0.5, 0.6) is 0 Å². The van der Waals surface area contributed by atoms with Gasteiger partial charge in [0.1, 0.15) is 0 Å². The second kappa shape index (κ2) is 2.49. The van der Waals surface area contributed by atoms with Gasteiger partial charge in [-0.25, -0.2) is 0 Å². The number of methoxy groups -OCH3 is 1. The first-order valence-corrected chi connectivity index (χ1v) is 4.61. The molecule has 0 aromatic rings. The van der Waals surface area contributed by atoms with Crippen molar-refractivity contribution in [3.05, 3.63) is 0 Å². The number of hydrogen-bond acceptors (Lipinski definition) is 2. The van der Waals surface area contributed by atoms with Crippen LogP contribution in [0.15, 0.2) is 0 Å². The number of ether oxygens (including phenoxy) is 1. The van der Waals surface area contributed by atoms with Gasteiger partial charge in [-0.15, -0.1) is 0 Å². The zero-order chi connectivity index (χ0) is 13.3. The van der Waals surface area contributed by atoms with Crippen LogP contribution in [0.2, 0.25) is 0 Å². The van der Waals surface area contributed by atoms with E-state index in [1.807, 2.05) is 0 Å². The molecule has 0 radical (unpaired) electrons. The first-order chi connectivity index (χ1) is 7.53. The Hall–Kier alpha value is -0.530. The SMILES string of the molecule is [2H]C1([2H])C[C@@H](C(=O)OC)C([2H])([2H])[C@@]2(C)C[C@@]12C. The molecule has 0 N–H and O–H groups in total. The molecule has 0 unspecified atom stereocenters. The molecule has 0 aliphatic heterocycles. The van der Waals surface area contributed by atoms with Gasteiger partial charge in [-0.2, -0.15) is 0 Å². The lowest BCUT2D eigenvalue weighted by Crippen LogP contribution is -2.27. The van der Waals surface area contributed by atoms with Gasteiger partial charge in [0.05, 0.1) is 13.0 Å². The van der Waals surface area contributed by atoms with Crippen molar-refractivity contribution < 1.29 is 15.0 Å². The van der Waals surface area contributed by atoms with E-state index in [0.29, 0.717) is 6.42 Å². The Labute approximate surface area is 85.3 Å². The maximum Gasteiger partial charge on any atom is 0.308 e. The van der Waals surface area contributed by atoms with Crippen LogP contribution in [0, 0.1) is 16.7 Å². The second-order valence-corrected chi connectivity index (χ2v) is 4.44. The van der Waals surface area contributed by atoms with E-state index >= 15 is 0 Å². The van der Waals surface area contributed by atoms with Gasteiger partial charge in [0.15, 0.2) is 0 Å². The smallest absolute Gasteiger partial charge is 0.308 e. The van der Waals surface area contributed by atoms with Crippen LogP contribution in [0.3, 0.4) is 0 Å². The monoisotopic (exact) mass is 186 g/mol. The summed E-state index contributed by atoms with van der Waals surface area (Å²) in [6.07, 6.45) is -2.85. The van der Waals surface area contributed by atoms with E-state index in [4.69, 9.17) is 5.48 Å². The molecule has 0 saturated heterocycles. The number of carbonyl (C=O) groups excluding carboxylic acids is 1. The number of hydrogen-bond donors (Lipinski definition) is 0. The summed E-state index contributed by atoms with van der Waals surface area (Å²) in [6.45, 7) is 3.51. The molecule has 0 aromatic heterocycles. The van der Waals surface area contributed by atoms with E-state index in [2.05, 4.69) is 4.74 Å². The summed E-state index contributed by atoms with van der Waals surface area (Å²) < 4.78 is 37.1. The van der Waals surface area contributed by atoms with E-state index < -0.39 is 35.5 Å². The van der Waals surface area contributed by atoms with E-state index in [0.717, 1.165) is 0 Å². The molecular weight excluding hydrogens is 164 g/mol. The first kappa shape index (κ1) is 5.38. The molecule has 74 valence electrons. The number of fused-ring (bicyclic) bond motifs is 1. The minimum absolute atomic E-state index is 0.0984. The Morgan fingerprint density at radius 2 is 2.23 bits per heavy atom. The van der Waals surface area contributed by atoms with Gasteiger partial charge in [-0.05, 0) is 36.4 Å². The molecule has 2 heteroatoms. The average molecular weight is 186 g/mol. The summed E-state index contributed by atoms with van der Waals surface area (Å²) in [7, 11) is 1.22. The van der Waals surface area contributed by atoms with Crippen LogP contribution in [-0.2, 0) is 9.53 Å². The summed E-state index contributed by atoms with van der Waals surface area (Å²) in [5.41, 5.74) is -1.45. The van der Waals surface area contributed by atoms with Crippen LogP contribution in [0.25, 0.3) is 0 Å². The molecule has 13 heavy (non-hydrogen) atoms. The number of carbonyl (C=O) groups is 1. The predicted octanol–water partition coefficient (Wildman–Crippen LogP) is 2.38. The normalized spacial score (nSPS) is 60.4. The van der Waals surface area contributed by atoms with Crippen LogP contribution in [0.4, 0.5) is 0 Å². The lowest BCUT2D eigenvalue weighted by atomic mass is 9.76. The third-order valence-electron chi connectivity index (χ3n) is 3.47. The maximum atomic E-state index is 11.7. The van der Waals surface area contributed by atoms with Crippen molar-refractivity contribution in [2.24, 2.45) is 16.7 Å². The highest BCUT2D eigenvalue weighted by molar-refractivity contribution is 5.72. The Balaban J connectivity index is 2.44. The third kappa shape index (κ3) is 1.18. The average Bonchev–Trinajstić information content (AvgIpc) is 2.80. The Kier molecular flexibility index (Phi) is 1.03. The second-order valence-electron chi connectivity index (χ2n) is 4.44. The van der Waals surface area contributed by atoms with Gasteiger partial charge >= 0.3 is 5.97 Å². The van der Waals surface area contributed by atoms with Gasteiger partial charge in [-0.3, -0.25) is 4.79 Å². The maximum absolute atomic E-state index is 11.7. The number of esters is 1. The van der Waals surface area contributed by atoms with Crippen molar-refractivity contribution in [1.82, 2.24) is 0 Å². The quantitative estimate of drug-likeness (QED) is 0.588. The molecule has 0 bridgehead atoms. The summed E-state index contributed by atoms with van der Waals surface area (Å²) in [6, 6.07) is 0. The lowest BCUT2D eigenvalue weighted by Gasteiger charge is -2.29. The minimum Gasteiger partial charge on any atom is -0.469 e. The molecular formula is C11H18O2. The number of rotatable bonds is 1. The van der Waals surface area contributed by atoms with Gasteiger partial charge in [0.25, 0.3) is 0 Å². The third-order valence-corrected chi connectivity index (χ3v) is 3.47. The van der Waals surface area contributed by atoms with E-state index in [9.17, 15) is 4.79 Å². The topological polar surface area (TPSA) is 26.3 Å². The molecule has 2 aliphatic rings. The van der Waals surface area contributed by atoms with Crippen molar-refractivity contribution in [3.63, 3.8) is 0 Å². The highest BCUT2D eigenvalue weighted by atomic mass is 16.5. The molecule has 0 spiro atoms. The van der Waals surface area contributed by atoms with Crippen LogP contribution < -0.4 is 0 Å². The highest BCUT2D eigenvalue weighted by Crippen LogP contribution is 2.71. The fourth-order valence-electron chi connectivity index (χ4n) is 2.18. The van der Waals surface area contributed by atoms with Crippen molar-refractivity contribution in [3.8, 4) is 0 Å². The van der Waals surface area contributed by atoms with Gasteiger partial charge < -0.3 is 4.74 Å². The Morgan fingerprint density at radius 3 is 2.85 bits per heavy atom. The van der Waals surface area contributed by atoms with Crippen molar-refractivity contribution >= 4 is 5.97 Å². The van der Waals surface area contributed by atoms with E-state index in [1.54, 1.807) is 13.8 Å². The lowest BCUT2D eigenvalue weighted by molar-refractivity contribution is -0.147. The van der Waals surface area contributed by atoms with Gasteiger partial charge in [0.2, 0.25) is 0 Å². The van der Waals surface area contributed by atoms with E-state index in [-0.39, 0.29) is 6.42 Å². The summed E-state index contributed by atoms with van der Waals surface area (Å²) >= 11 is 0. The molecule has 2 aliphatic carbocycles. The summed E-state index contributed by atoms with van der Waals surface area (Å²) in [4.78, 5) is 11.7. The minimum atomic E-state index is -1.71. The molecule has 2 fully saturated rings. The van der Waals surface area contributed by atoms with Crippen LogP contribution in [-0.4, -0.2) is 13.1 Å². The van der Waals surface area contributed by atoms with Crippen molar-refractivity contribution in [1.29, 1.82) is 0 Å². The first-order valence-electron chi connectivity index (χ1n) is 6.61. The largest absolute Gasteiger partial charge is 0.469 e. The van der Waals surface area contributed by atoms with Crippen LogP contribution >= 0.6 is 0 Å². The highest BCUT2D eigenvalue weighted by Gasteiger charge is 2.63. The molecule has 0 heterocycles. The van der Waals surface area contributed by atoms with Crippen molar-refractivity contribution in [2.45, 2.75) is 39.4 Å².